The number of hydrogen-bond donors (Lipinski definition) is 1. The number of amides is 1. The van der Waals surface area contributed by atoms with Gasteiger partial charge in [0.2, 0.25) is 15.9 Å². The molecule has 1 heterocycles. The maximum atomic E-state index is 13.6. The fraction of sp³-hybridized carbons (Fsp3) is 0.500. The molecular weight excluding hydrogens is 471 g/mol. The van der Waals surface area contributed by atoms with Crippen molar-refractivity contribution in [2.75, 3.05) is 26.7 Å². The summed E-state index contributed by atoms with van der Waals surface area (Å²) in [5.74, 6) is -0.295. The molecule has 2 aromatic carbocycles. The molecule has 7 nitrogen and oxygen atoms in total. The first kappa shape index (κ1) is 25.6. The number of aliphatic hydroxyl groups is 1. The highest BCUT2D eigenvalue weighted by atomic mass is 32.2. The summed E-state index contributed by atoms with van der Waals surface area (Å²) < 4.78 is 48.3. The van der Waals surface area contributed by atoms with Crippen molar-refractivity contribution in [3.05, 3.63) is 48.3 Å². The molecule has 0 aromatic heterocycles. The van der Waals surface area contributed by atoms with Crippen LogP contribution >= 0.6 is 0 Å². The summed E-state index contributed by atoms with van der Waals surface area (Å²) >= 11 is 0. The lowest BCUT2D eigenvalue weighted by molar-refractivity contribution is -0.138. The molecule has 0 saturated heterocycles. The summed E-state index contributed by atoms with van der Waals surface area (Å²) in [6, 6.07) is 10.1. The molecule has 1 saturated carbocycles. The van der Waals surface area contributed by atoms with Gasteiger partial charge in [-0.1, -0.05) is 31.5 Å². The topological polar surface area (TPSA) is 87.2 Å². The number of halogens is 1. The van der Waals surface area contributed by atoms with Crippen LogP contribution < -0.4 is 4.74 Å². The Morgan fingerprint density at radius 2 is 1.86 bits per heavy atom. The predicted molar refractivity (Wildman–Crippen MR) is 131 cm³/mol. The van der Waals surface area contributed by atoms with Gasteiger partial charge in [-0.25, -0.2) is 12.8 Å². The summed E-state index contributed by atoms with van der Waals surface area (Å²) in [5.41, 5.74) is 1.41. The van der Waals surface area contributed by atoms with Crippen LogP contribution in [0.3, 0.4) is 0 Å². The Hall–Kier alpha value is -2.49. The number of aliphatic hydroxyl groups excluding tert-OH is 1. The van der Waals surface area contributed by atoms with E-state index in [0.717, 1.165) is 24.8 Å². The zero-order chi connectivity index (χ0) is 25.3. The molecule has 1 aliphatic heterocycles. The van der Waals surface area contributed by atoms with E-state index in [1.165, 1.54) is 22.5 Å². The number of benzene rings is 2. The van der Waals surface area contributed by atoms with Crippen molar-refractivity contribution in [2.24, 2.45) is 11.8 Å². The van der Waals surface area contributed by atoms with Gasteiger partial charge in [0.25, 0.3) is 0 Å². The van der Waals surface area contributed by atoms with Gasteiger partial charge in [-0.15, -0.1) is 0 Å². The molecule has 3 atom stereocenters. The Morgan fingerprint density at radius 1 is 1.20 bits per heavy atom. The third-order valence-corrected chi connectivity index (χ3v) is 9.15. The molecule has 1 aliphatic carbocycles. The highest BCUT2D eigenvalue weighted by molar-refractivity contribution is 7.89. The first-order valence-corrected chi connectivity index (χ1v) is 13.5. The number of nitrogens with zero attached hydrogens (tertiary/aromatic N) is 2. The second-order valence-corrected chi connectivity index (χ2v) is 11.6. The van der Waals surface area contributed by atoms with Crippen LogP contribution in [0.1, 0.15) is 33.1 Å². The van der Waals surface area contributed by atoms with Gasteiger partial charge in [0.15, 0.2) is 0 Å². The Kier molecular flexibility index (Phi) is 7.49. The quantitative estimate of drug-likeness (QED) is 0.651. The standard InChI is InChI=1S/C26H33FN2O5S/c1-17-14-29(18(2)16-30)35(32,33)25-12-9-21(19-7-10-22(27)11-8-19)13-23(25)34-24(17)15-28(3)26(31)20-5-4-6-20/h7-13,17-18,20,24,30H,4-6,14-16H2,1-3H3/t17-,18-,24+/m0/s1. The van der Waals surface area contributed by atoms with Gasteiger partial charge in [-0.3, -0.25) is 4.79 Å². The van der Waals surface area contributed by atoms with Crippen molar-refractivity contribution in [1.29, 1.82) is 0 Å². The third-order valence-electron chi connectivity index (χ3n) is 7.13. The van der Waals surface area contributed by atoms with E-state index in [4.69, 9.17) is 4.74 Å². The number of carbonyl (C=O) groups excluding carboxylic acids is 1. The van der Waals surface area contributed by atoms with E-state index >= 15 is 0 Å². The molecule has 2 aromatic rings. The summed E-state index contributed by atoms with van der Waals surface area (Å²) in [5, 5.41) is 9.79. The van der Waals surface area contributed by atoms with E-state index in [1.807, 2.05) is 6.92 Å². The lowest BCUT2D eigenvalue weighted by Crippen LogP contribution is -2.50. The minimum Gasteiger partial charge on any atom is -0.487 e. The Bertz CT molecular complexity index is 1170. The van der Waals surface area contributed by atoms with Crippen LogP contribution in [-0.2, 0) is 14.8 Å². The number of carbonyl (C=O) groups is 1. The smallest absolute Gasteiger partial charge is 0.247 e. The van der Waals surface area contributed by atoms with Crippen molar-refractivity contribution >= 4 is 15.9 Å². The highest BCUT2D eigenvalue weighted by Crippen LogP contribution is 2.37. The van der Waals surface area contributed by atoms with Crippen LogP contribution in [0.15, 0.2) is 47.4 Å². The van der Waals surface area contributed by atoms with Crippen molar-refractivity contribution in [1.82, 2.24) is 9.21 Å². The maximum absolute atomic E-state index is 13.6. The number of ether oxygens (including phenoxy) is 1. The van der Waals surface area contributed by atoms with Crippen LogP contribution in [0, 0.1) is 17.7 Å². The van der Waals surface area contributed by atoms with Gasteiger partial charge in [0, 0.05) is 31.5 Å². The highest BCUT2D eigenvalue weighted by Gasteiger charge is 2.39. The third kappa shape index (κ3) is 5.22. The molecule has 0 bridgehead atoms. The van der Waals surface area contributed by atoms with Crippen LogP contribution in [0.25, 0.3) is 11.1 Å². The fourth-order valence-electron chi connectivity index (χ4n) is 4.59. The molecule has 1 amide bonds. The minimum absolute atomic E-state index is 0.00790. The van der Waals surface area contributed by atoms with Gasteiger partial charge in [-0.05, 0) is 55.2 Å². The molecule has 190 valence electrons. The molecule has 1 fully saturated rings. The number of rotatable bonds is 6. The zero-order valence-electron chi connectivity index (χ0n) is 20.4. The molecule has 2 aliphatic rings. The number of fused-ring (bicyclic) bond motifs is 1. The molecule has 0 radical (unpaired) electrons. The van der Waals surface area contributed by atoms with E-state index < -0.39 is 22.2 Å². The normalized spacial score (nSPS) is 23.2. The van der Waals surface area contributed by atoms with Gasteiger partial charge in [-0.2, -0.15) is 4.31 Å². The summed E-state index contributed by atoms with van der Waals surface area (Å²) in [6.07, 6.45) is 2.39. The molecule has 0 spiro atoms. The van der Waals surface area contributed by atoms with E-state index in [-0.39, 0.29) is 47.4 Å². The van der Waals surface area contributed by atoms with E-state index in [0.29, 0.717) is 12.1 Å². The molecule has 35 heavy (non-hydrogen) atoms. The van der Waals surface area contributed by atoms with Gasteiger partial charge >= 0.3 is 0 Å². The van der Waals surface area contributed by atoms with Crippen molar-refractivity contribution < 1.29 is 27.4 Å². The second-order valence-electron chi connectivity index (χ2n) is 9.75. The first-order valence-electron chi connectivity index (χ1n) is 12.1. The average molecular weight is 505 g/mol. The van der Waals surface area contributed by atoms with Crippen LogP contribution in [0.4, 0.5) is 4.39 Å². The van der Waals surface area contributed by atoms with Crippen LogP contribution in [0.5, 0.6) is 5.75 Å². The van der Waals surface area contributed by atoms with E-state index in [2.05, 4.69) is 0 Å². The summed E-state index contributed by atoms with van der Waals surface area (Å²) in [4.78, 5) is 14.5. The summed E-state index contributed by atoms with van der Waals surface area (Å²) in [7, 11) is -2.20. The second kappa shape index (κ2) is 10.2. The van der Waals surface area contributed by atoms with Crippen LogP contribution in [0.2, 0.25) is 0 Å². The van der Waals surface area contributed by atoms with Gasteiger partial charge in [0.05, 0.1) is 13.2 Å². The van der Waals surface area contributed by atoms with Gasteiger partial charge in [0.1, 0.15) is 22.6 Å². The molecule has 4 rings (SSSR count). The minimum atomic E-state index is -3.96. The van der Waals surface area contributed by atoms with Crippen molar-refractivity contribution in [3.63, 3.8) is 0 Å². The fourth-order valence-corrected chi connectivity index (χ4v) is 6.42. The Morgan fingerprint density at radius 3 is 2.46 bits per heavy atom. The Balaban J connectivity index is 1.74. The Labute approximate surface area is 206 Å². The molecular formula is C26H33FN2O5S. The monoisotopic (exact) mass is 504 g/mol. The molecule has 0 unspecified atom stereocenters. The summed E-state index contributed by atoms with van der Waals surface area (Å²) in [6.45, 7) is 3.71. The SMILES string of the molecule is C[C@H]1CN([C@@H](C)CO)S(=O)(=O)c2ccc(-c3ccc(F)cc3)cc2O[C@@H]1CN(C)C(=O)C1CCC1. The van der Waals surface area contributed by atoms with Gasteiger partial charge < -0.3 is 14.7 Å². The zero-order valence-corrected chi connectivity index (χ0v) is 21.2. The van der Waals surface area contributed by atoms with E-state index in [1.54, 1.807) is 43.1 Å². The van der Waals surface area contributed by atoms with Crippen molar-refractivity contribution in [2.45, 2.75) is 50.2 Å². The lowest BCUT2D eigenvalue weighted by Gasteiger charge is -2.38. The van der Waals surface area contributed by atoms with E-state index in [9.17, 15) is 22.7 Å². The molecule has 9 heteroatoms. The first-order chi connectivity index (χ1) is 16.6. The number of hydrogen-bond acceptors (Lipinski definition) is 5. The van der Waals surface area contributed by atoms with Crippen LogP contribution in [-0.4, -0.2) is 67.5 Å². The maximum Gasteiger partial charge on any atom is 0.247 e. The number of likely N-dealkylation sites (N-methyl/N-ethyl adjacent to an activating group) is 1. The largest absolute Gasteiger partial charge is 0.487 e. The number of sulfonamides is 1. The average Bonchev–Trinajstić information content (AvgIpc) is 2.79. The molecule has 1 N–H and O–H groups in total. The predicted octanol–water partition coefficient (Wildman–Crippen LogP) is 3.52. The lowest BCUT2D eigenvalue weighted by atomic mass is 9.84. The van der Waals surface area contributed by atoms with Crippen molar-refractivity contribution in [3.8, 4) is 16.9 Å².